The number of alkyl halides is 3. The van der Waals surface area contributed by atoms with Gasteiger partial charge in [-0.3, -0.25) is 0 Å². The Morgan fingerprint density at radius 2 is 1.88 bits per heavy atom. The predicted octanol–water partition coefficient (Wildman–Crippen LogP) is 5.66. The van der Waals surface area contributed by atoms with E-state index >= 15 is 0 Å². The first-order valence-corrected chi connectivity index (χ1v) is 7.66. The predicted molar refractivity (Wildman–Crippen MR) is 90.5 cm³/mol. The second kappa shape index (κ2) is 5.16. The van der Waals surface area contributed by atoms with Crippen molar-refractivity contribution in [1.29, 1.82) is 0 Å². The molecular formula is C19H15F3N2. The lowest BCUT2D eigenvalue weighted by molar-refractivity contribution is -0.137. The van der Waals surface area contributed by atoms with Gasteiger partial charge in [-0.25, -0.2) is 0 Å². The van der Waals surface area contributed by atoms with Gasteiger partial charge in [0.05, 0.1) is 5.56 Å². The van der Waals surface area contributed by atoms with Crippen molar-refractivity contribution in [1.82, 2.24) is 4.98 Å². The summed E-state index contributed by atoms with van der Waals surface area (Å²) in [4.78, 5) is 5.09. The number of halogens is 3. The molecule has 0 atom stereocenters. The van der Waals surface area contributed by atoms with Crippen LogP contribution in [0, 0.1) is 6.92 Å². The molecule has 1 aliphatic rings. The number of aryl methyl sites for hydroxylation is 1. The number of fused-ring (bicyclic) bond motifs is 2. The molecule has 1 N–H and O–H groups in total. The number of nitrogens with one attached hydrogen (secondary N) is 1. The van der Waals surface area contributed by atoms with Crippen molar-refractivity contribution >= 4 is 28.4 Å². The highest BCUT2D eigenvalue weighted by molar-refractivity contribution is 5.88. The molecule has 0 saturated carbocycles. The third kappa shape index (κ3) is 2.37. The highest BCUT2D eigenvalue weighted by Crippen LogP contribution is 2.39. The van der Waals surface area contributed by atoms with Gasteiger partial charge in [0.15, 0.2) is 0 Å². The third-order valence-corrected chi connectivity index (χ3v) is 4.39. The molecule has 24 heavy (non-hydrogen) atoms. The van der Waals surface area contributed by atoms with Crippen LogP contribution in [0.5, 0.6) is 0 Å². The Balaban J connectivity index is 1.88. The number of nitrogens with zero attached hydrogens (tertiary/aromatic N) is 1. The molecular weight excluding hydrogens is 313 g/mol. The summed E-state index contributed by atoms with van der Waals surface area (Å²) >= 11 is 0. The van der Waals surface area contributed by atoms with Gasteiger partial charge in [0.2, 0.25) is 0 Å². The van der Waals surface area contributed by atoms with Crippen LogP contribution in [0.25, 0.3) is 17.0 Å². The van der Waals surface area contributed by atoms with Crippen LogP contribution in [-0.4, -0.2) is 11.5 Å². The zero-order valence-electron chi connectivity index (χ0n) is 13.0. The molecule has 2 aromatic carbocycles. The topological polar surface area (TPSA) is 19.0 Å². The van der Waals surface area contributed by atoms with Crippen molar-refractivity contribution in [3.05, 3.63) is 65.4 Å². The van der Waals surface area contributed by atoms with Crippen LogP contribution in [0.3, 0.4) is 0 Å². The summed E-state index contributed by atoms with van der Waals surface area (Å²) in [5.41, 5.74) is 3.66. The van der Waals surface area contributed by atoms with Crippen molar-refractivity contribution in [3.8, 4) is 0 Å². The van der Waals surface area contributed by atoms with Gasteiger partial charge < -0.3 is 9.88 Å². The largest absolute Gasteiger partial charge is 0.416 e. The van der Waals surface area contributed by atoms with E-state index in [0.717, 1.165) is 33.8 Å². The van der Waals surface area contributed by atoms with Gasteiger partial charge in [0.25, 0.3) is 0 Å². The first kappa shape index (κ1) is 14.9. The molecule has 0 radical (unpaired) electrons. The zero-order valence-corrected chi connectivity index (χ0v) is 13.0. The molecule has 122 valence electrons. The van der Waals surface area contributed by atoms with Crippen LogP contribution in [0.1, 0.15) is 16.7 Å². The van der Waals surface area contributed by atoms with Crippen LogP contribution < -0.4 is 4.90 Å². The summed E-state index contributed by atoms with van der Waals surface area (Å²) in [6.45, 7) is 2.52. The third-order valence-electron chi connectivity index (χ3n) is 4.39. The molecule has 1 aromatic heterocycles. The first-order valence-electron chi connectivity index (χ1n) is 7.66. The van der Waals surface area contributed by atoms with E-state index in [2.05, 4.69) is 4.98 Å². The Morgan fingerprint density at radius 3 is 2.67 bits per heavy atom. The molecule has 0 fully saturated rings. The second-order valence-electron chi connectivity index (χ2n) is 5.99. The molecule has 1 aliphatic heterocycles. The van der Waals surface area contributed by atoms with Gasteiger partial charge in [0, 0.05) is 29.6 Å². The van der Waals surface area contributed by atoms with Gasteiger partial charge in [-0.05, 0) is 53.8 Å². The van der Waals surface area contributed by atoms with Gasteiger partial charge >= 0.3 is 6.18 Å². The second-order valence-corrected chi connectivity index (χ2v) is 5.99. The molecule has 0 unspecified atom stereocenters. The molecule has 3 aromatic rings. The summed E-state index contributed by atoms with van der Waals surface area (Å²) in [7, 11) is 0. The minimum Gasteiger partial charge on any atom is -0.361 e. The lowest BCUT2D eigenvalue weighted by Gasteiger charge is -2.30. The number of aromatic nitrogens is 1. The smallest absolute Gasteiger partial charge is 0.361 e. The van der Waals surface area contributed by atoms with E-state index in [0.29, 0.717) is 12.2 Å². The maximum absolute atomic E-state index is 13.1. The van der Waals surface area contributed by atoms with Crippen LogP contribution in [0.2, 0.25) is 0 Å². The number of anilines is 2. The lowest BCUT2D eigenvalue weighted by atomic mass is 10.0. The van der Waals surface area contributed by atoms with Gasteiger partial charge in [-0.15, -0.1) is 0 Å². The van der Waals surface area contributed by atoms with Crippen molar-refractivity contribution in [2.24, 2.45) is 0 Å². The molecule has 0 bridgehead atoms. The summed E-state index contributed by atoms with van der Waals surface area (Å²) in [5.74, 6) is 0. The van der Waals surface area contributed by atoms with Crippen LogP contribution in [0.15, 0.2) is 48.7 Å². The standard InChI is InChI=1S/C19H15F3N2/c1-12-9-14-6-7-23-16(14)11-17(12)24-8-2-3-13-4-5-15(10-18(13)24)19(20,21)22/h2-7,9-11,23H,8H2,1H3. The molecule has 2 nitrogen and oxygen atoms in total. The normalized spacial score (nSPS) is 14.2. The van der Waals surface area contributed by atoms with E-state index in [-0.39, 0.29) is 0 Å². The fourth-order valence-corrected chi connectivity index (χ4v) is 3.20. The fourth-order valence-electron chi connectivity index (χ4n) is 3.20. The summed E-state index contributed by atoms with van der Waals surface area (Å²) in [6.07, 6.45) is 1.35. The summed E-state index contributed by atoms with van der Waals surface area (Å²) in [5, 5.41) is 1.09. The zero-order chi connectivity index (χ0) is 16.9. The van der Waals surface area contributed by atoms with Crippen molar-refractivity contribution < 1.29 is 13.2 Å². The van der Waals surface area contributed by atoms with Gasteiger partial charge in [-0.2, -0.15) is 13.2 Å². The van der Waals surface area contributed by atoms with E-state index in [9.17, 15) is 13.2 Å². The molecule has 0 aliphatic carbocycles. The first-order chi connectivity index (χ1) is 11.4. The Labute approximate surface area is 137 Å². The van der Waals surface area contributed by atoms with Crippen molar-refractivity contribution in [2.75, 3.05) is 11.4 Å². The molecule has 0 spiro atoms. The average molecular weight is 328 g/mol. The van der Waals surface area contributed by atoms with E-state index in [1.165, 1.54) is 12.1 Å². The monoisotopic (exact) mass is 328 g/mol. The Kier molecular flexibility index (Phi) is 3.20. The van der Waals surface area contributed by atoms with Crippen LogP contribution in [-0.2, 0) is 6.18 Å². The SMILES string of the molecule is Cc1cc2cc[nH]c2cc1N1CC=Cc2ccc(C(F)(F)F)cc21. The Morgan fingerprint density at radius 1 is 1.04 bits per heavy atom. The Bertz CT molecular complexity index is 951. The Hall–Kier alpha value is -2.69. The van der Waals surface area contributed by atoms with Gasteiger partial charge in [-0.1, -0.05) is 18.2 Å². The maximum Gasteiger partial charge on any atom is 0.416 e. The molecule has 2 heterocycles. The number of rotatable bonds is 1. The average Bonchev–Trinajstić information content (AvgIpc) is 2.99. The van der Waals surface area contributed by atoms with E-state index < -0.39 is 11.7 Å². The highest BCUT2D eigenvalue weighted by Gasteiger charge is 2.32. The van der Waals surface area contributed by atoms with Crippen molar-refractivity contribution in [2.45, 2.75) is 13.1 Å². The summed E-state index contributed by atoms with van der Waals surface area (Å²) < 4.78 is 39.3. The van der Waals surface area contributed by atoms with E-state index in [4.69, 9.17) is 0 Å². The quantitative estimate of drug-likeness (QED) is 0.610. The number of hydrogen-bond acceptors (Lipinski definition) is 1. The van der Waals surface area contributed by atoms with E-state index in [1.54, 1.807) is 0 Å². The number of hydrogen-bond donors (Lipinski definition) is 1. The molecule has 0 saturated heterocycles. The maximum atomic E-state index is 13.1. The summed E-state index contributed by atoms with van der Waals surface area (Å²) in [6, 6.07) is 9.92. The number of benzene rings is 2. The van der Waals surface area contributed by atoms with Crippen LogP contribution >= 0.6 is 0 Å². The molecule has 0 amide bonds. The fraction of sp³-hybridized carbons (Fsp3) is 0.158. The highest BCUT2D eigenvalue weighted by atomic mass is 19.4. The minimum absolute atomic E-state index is 0.543. The number of H-pyrrole nitrogens is 1. The number of aromatic amines is 1. The lowest BCUT2D eigenvalue weighted by Crippen LogP contribution is -2.22. The van der Waals surface area contributed by atoms with Gasteiger partial charge in [0.1, 0.15) is 0 Å². The molecule has 5 heteroatoms. The molecule has 4 rings (SSSR count). The van der Waals surface area contributed by atoms with Crippen molar-refractivity contribution in [3.63, 3.8) is 0 Å². The van der Waals surface area contributed by atoms with E-state index in [1.807, 2.05) is 48.4 Å². The minimum atomic E-state index is -4.35. The van der Waals surface area contributed by atoms with Crippen LogP contribution in [0.4, 0.5) is 24.5 Å².